The molecule has 0 spiro atoms. The van der Waals surface area contributed by atoms with Crippen molar-refractivity contribution >= 4 is 11.9 Å². The lowest BCUT2D eigenvalue weighted by Crippen LogP contribution is -2.28. The maximum Gasteiger partial charge on any atom is 0.344 e. The van der Waals surface area contributed by atoms with Gasteiger partial charge in [0.2, 0.25) is 0 Å². The van der Waals surface area contributed by atoms with Crippen molar-refractivity contribution in [1.82, 2.24) is 0 Å². The number of carbonyl (C=O) groups is 2. The van der Waals surface area contributed by atoms with Gasteiger partial charge in [0.15, 0.2) is 12.4 Å². The van der Waals surface area contributed by atoms with Gasteiger partial charge in [-0.2, -0.15) is 0 Å². The van der Waals surface area contributed by atoms with E-state index in [0.717, 1.165) is 38.5 Å². The summed E-state index contributed by atoms with van der Waals surface area (Å²) in [4.78, 5) is 24.2. The minimum absolute atomic E-state index is 0.271. The standard InChI is InChI=1S/C28H32NO5/c1-29-18-12-15-24(22-29)27(30)33-20-10-5-3-2-4-9-19-32-25-16-11-17-26(21-25)34-28(31)23-13-7-6-8-14-23/h6-8,11-18,21-22H,2-5,9-10,19-20H2,1H3/q+1. The summed E-state index contributed by atoms with van der Waals surface area (Å²) in [6.45, 7) is 1.06. The molecule has 0 atom stereocenters. The van der Waals surface area contributed by atoms with E-state index in [1.54, 1.807) is 48.7 Å². The molecular formula is C28H32NO5+. The predicted molar refractivity (Wildman–Crippen MR) is 129 cm³/mol. The molecule has 0 saturated heterocycles. The first kappa shape index (κ1) is 25.0. The van der Waals surface area contributed by atoms with E-state index >= 15 is 0 Å². The van der Waals surface area contributed by atoms with E-state index < -0.39 is 0 Å². The van der Waals surface area contributed by atoms with E-state index in [1.807, 2.05) is 42.1 Å². The fourth-order valence-corrected chi connectivity index (χ4v) is 3.43. The lowest BCUT2D eigenvalue weighted by atomic mass is 10.1. The first-order chi connectivity index (χ1) is 16.6. The highest BCUT2D eigenvalue weighted by Crippen LogP contribution is 2.21. The maximum absolute atomic E-state index is 12.2. The van der Waals surface area contributed by atoms with Gasteiger partial charge in [-0.1, -0.05) is 49.9 Å². The van der Waals surface area contributed by atoms with Crippen LogP contribution in [-0.4, -0.2) is 25.2 Å². The van der Waals surface area contributed by atoms with Crippen LogP contribution in [0.25, 0.3) is 0 Å². The van der Waals surface area contributed by atoms with Gasteiger partial charge in [0, 0.05) is 12.1 Å². The number of rotatable bonds is 13. The summed E-state index contributed by atoms with van der Waals surface area (Å²) in [6, 6.07) is 19.6. The first-order valence-corrected chi connectivity index (χ1v) is 11.7. The monoisotopic (exact) mass is 462 g/mol. The quantitative estimate of drug-likeness (QED) is 0.149. The molecule has 34 heavy (non-hydrogen) atoms. The molecule has 3 rings (SSSR count). The highest BCUT2D eigenvalue weighted by atomic mass is 16.5. The van der Waals surface area contributed by atoms with Gasteiger partial charge >= 0.3 is 11.9 Å². The van der Waals surface area contributed by atoms with Gasteiger partial charge in [-0.15, -0.1) is 0 Å². The molecule has 6 heteroatoms. The van der Waals surface area contributed by atoms with Crippen LogP contribution in [0.2, 0.25) is 0 Å². The van der Waals surface area contributed by atoms with Crippen LogP contribution in [0.3, 0.4) is 0 Å². The van der Waals surface area contributed by atoms with Crippen LogP contribution in [0.5, 0.6) is 11.5 Å². The molecule has 0 fully saturated rings. The zero-order valence-electron chi connectivity index (χ0n) is 19.7. The normalized spacial score (nSPS) is 10.5. The van der Waals surface area contributed by atoms with Crippen LogP contribution < -0.4 is 14.0 Å². The Morgan fingerprint density at radius 3 is 2.15 bits per heavy atom. The molecule has 0 saturated carbocycles. The number of hydrogen-bond acceptors (Lipinski definition) is 5. The summed E-state index contributed by atoms with van der Waals surface area (Å²) < 4.78 is 18.4. The number of benzene rings is 2. The molecule has 0 bridgehead atoms. The van der Waals surface area contributed by atoms with Crippen molar-refractivity contribution in [2.45, 2.75) is 38.5 Å². The van der Waals surface area contributed by atoms with Crippen LogP contribution in [0.15, 0.2) is 79.1 Å². The van der Waals surface area contributed by atoms with Gasteiger partial charge in [-0.25, -0.2) is 14.2 Å². The molecule has 1 heterocycles. The molecule has 2 aromatic carbocycles. The van der Waals surface area contributed by atoms with Crippen molar-refractivity contribution in [1.29, 1.82) is 0 Å². The first-order valence-electron chi connectivity index (χ1n) is 11.7. The highest BCUT2D eigenvalue weighted by molar-refractivity contribution is 5.91. The number of ether oxygens (including phenoxy) is 3. The number of aromatic nitrogens is 1. The molecular weight excluding hydrogens is 430 g/mol. The Morgan fingerprint density at radius 1 is 0.706 bits per heavy atom. The average Bonchev–Trinajstić information content (AvgIpc) is 2.86. The zero-order chi connectivity index (χ0) is 24.0. The van der Waals surface area contributed by atoms with Gasteiger partial charge in [-0.3, -0.25) is 0 Å². The second kappa shape index (κ2) is 13.8. The molecule has 0 aliphatic heterocycles. The second-order valence-corrected chi connectivity index (χ2v) is 8.09. The average molecular weight is 463 g/mol. The molecule has 6 nitrogen and oxygen atoms in total. The summed E-state index contributed by atoms with van der Waals surface area (Å²) in [5.41, 5.74) is 1.09. The van der Waals surface area contributed by atoms with Crippen LogP contribution in [0.1, 0.15) is 59.2 Å². The maximum atomic E-state index is 12.2. The third-order valence-corrected chi connectivity index (χ3v) is 5.24. The lowest BCUT2D eigenvalue weighted by Gasteiger charge is -2.09. The summed E-state index contributed by atoms with van der Waals surface area (Å²) >= 11 is 0. The van der Waals surface area contributed by atoms with Gasteiger partial charge in [0.25, 0.3) is 0 Å². The van der Waals surface area contributed by atoms with E-state index in [1.165, 1.54) is 0 Å². The van der Waals surface area contributed by atoms with Crippen molar-refractivity contribution < 1.29 is 28.4 Å². The van der Waals surface area contributed by atoms with Crippen molar-refractivity contribution in [3.05, 3.63) is 90.3 Å². The number of esters is 2. The Hall–Kier alpha value is -3.67. The Bertz CT molecular complexity index is 1050. The Morgan fingerprint density at radius 2 is 1.38 bits per heavy atom. The van der Waals surface area contributed by atoms with Gasteiger partial charge in [0.1, 0.15) is 24.1 Å². The van der Waals surface area contributed by atoms with Crippen LogP contribution in [0.4, 0.5) is 0 Å². The minimum Gasteiger partial charge on any atom is -0.493 e. The van der Waals surface area contributed by atoms with Crippen molar-refractivity contribution in [3.63, 3.8) is 0 Å². The molecule has 0 amide bonds. The fraction of sp³-hybridized carbons (Fsp3) is 0.321. The van der Waals surface area contributed by atoms with Gasteiger partial charge in [0.05, 0.1) is 18.8 Å². The Balaban J connectivity index is 1.23. The number of unbranched alkanes of at least 4 members (excludes halogenated alkanes) is 5. The third-order valence-electron chi connectivity index (χ3n) is 5.24. The van der Waals surface area contributed by atoms with E-state index in [9.17, 15) is 9.59 Å². The topological polar surface area (TPSA) is 65.7 Å². The zero-order valence-corrected chi connectivity index (χ0v) is 19.7. The molecule has 0 radical (unpaired) electrons. The van der Waals surface area contributed by atoms with Gasteiger partial charge < -0.3 is 14.2 Å². The van der Waals surface area contributed by atoms with Crippen LogP contribution in [-0.2, 0) is 11.8 Å². The summed E-state index contributed by atoms with van der Waals surface area (Å²) in [6.07, 6.45) is 9.78. The summed E-state index contributed by atoms with van der Waals surface area (Å²) in [5.74, 6) is 0.495. The Kier molecular flexibility index (Phi) is 10.1. The summed E-state index contributed by atoms with van der Waals surface area (Å²) in [5, 5.41) is 0. The molecule has 0 aliphatic rings. The number of pyridine rings is 1. The van der Waals surface area contributed by atoms with Crippen molar-refractivity contribution in [2.75, 3.05) is 13.2 Å². The highest BCUT2D eigenvalue weighted by Gasteiger charge is 2.10. The van der Waals surface area contributed by atoms with Crippen LogP contribution in [0, 0.1) is 0 Å². The Labute approximate surface area is 201 Å². The third kappa shape index (κ3) is 8.70. The largest absolute Gasteiger partial charge is 0.493 e. The second-order valence-electron chi connectivity index (χ2n) is 8.09. The van der Waals surface area contributed by atoms with E-state index in [2.05, 4.69) is 0 Å². The number of hydrogen-bond donors (Lipinski definition) is 0. The molecule has 178 valence electrons. The molecule has 1 aromatic heterocycles. The molecule has 3 aromatic rings. The number of carbonyl (C=O) groups excluding carboxylic acids is 2. The number of nitrogens with zero attached hydrogens (tertiary/aromatic N) is 1. The van der Waals surface area contributed by atoms with E-state index in [-0.39, 0.29) is 11.9 Å². The smallest absolute Gasteiger partial charge is 0.344 e. The van der Waals surface area contributed by atoms with Gasteiger partial charge in [-0.05, 0) is 43.2 Å². The van der Waals surface area contributed by atoms with E-state index in [4.69, 9.17) is 14.2 Å². The molecule has 0 unspecified atom stereocenters. The fourth-order valence-electron chi connectivity index (χ4n) is 3.43. The minimum atomic E-state index is -0.387. The molecule has 0 aliphatic carbocycles. The lowest BCUT2D eigenvalue weighted by molar-refractivity contribution is -0.671. The van der Waals surface area contributed by atoms with E-state index in [0.29, 0.717) is 35.8 Å². The van der Waals surface area contributed by atoms with Crippen molar-refractivity contribution in [3.8, 4) is 11.5 Å². The van der Waals surface area contributed by atoms with Crippen LogP contribution >= 0.6 is 0 Å². The molecule has 0 N–H and O–H groups in total. The number of aryl methyl sites for hydroxylation is 1. The predicted octanol–water partition coefficient (Wildman–Crippen LogP) is 5.31. The summed E-state index contributed by atoms with van der Waals surface area (Å²) in [7, 11) is 1.88. The van der Waals surface area contributed by atoms with Crippen molar-refractivity contribution in [2.24, 2.45) is 7.05 Å². The SMILES string of the molecule is C[n+]1cccc(C(=O)OCCCCCCCCOc2cccc(OC(=O)c3ccccc3)c2)c1.